The largest absolute Gasteiger partial charge is 0.497 e. The number of nitrogens with zero attached hydrogens (tertiary/aromatic N) is 1. The van der Waals surface area contributed by atoms with E-state index in [1.54, 1.807) is 12.5 Å². The summed E-state index contributed by atoms with van der Waals surface area (Å²) < 4.78 is 42.8. The normalized spacial score (nSPS) is 12.2. The lowest BCUT2D eigenvalue weighted by molar-refractivity contribution is -0.146. The third kappa shape index (κ3) is 5.60. The van der Waals surface area contributed by atoms with Crippen LogP contribution in [0, 0.1) is 0 Å². The van der Waals surface area contributed by atoms with Crippen molar-refractivity contribution < 1.29 is 27.4 Å². The lowest BCUT2D eigenvalue weighted by atomic mass is 10.2. The van der Waals surface area contributed by atoms with E-state index in [1.807, 2.05) is 24.3 Å². The van der Waals surface area contributed by atoms with E-state index in [0.717, 1.165) is 10.6 Å². The van der Waals surface area contributed by atoms with Gasteiger partial charge < -0.3 is 14.2 Å². The minimum atomic E-state index is -3.89. The number of nitrogens with one attached hydrogen (secondary N) is 1. The van der Waals surface area contributed by atoms with Crippen LogP contribution < -0.4 is 14.2 Å². The van der Waals surface area contributed by atoms with Gasteiger partial charge in [-0.3, -0.25) is 4.79 Å². The first kappa shape index (κ1) is 22.7. The van der Waals surface area contributed by atoms with Crippen LogP contribution in [-0.4, -0.2) is 39.6 Å². The van der Waals surface area contributed by atoms with Crippen LogP contribution in [0.3, 0.4) is 0 Å². The maximum Gasteiger partial charge on any atom is 0.324 e. The van der Waals surface area contributed by atoms with E-state index < -0.39 is 22.0 Å². The van der Waals surface area contributed by atoms with Gasteiger partial charge in [-0.05, 0) is 43.3 Å². The Morgan fingerprint density at radius 2 is 1.81 bits per heavy atom. The third-order valence-electron chi connectivity index (χ3n) is 4.31. The molecule has 10 heteroatoms. The minimum Gasteiger partial charge on any atom is -0.497 e. The number of thiazole rings is 1. The highest BCUT2D eigenvalue weighted by Gasteiger charge is 2.23. The number of hydrogen-bond acceptors (Lipinski definition) is 8. The Morgan fingerprint density at radius 3 is 2.48 bits per heavy atom. The van der Waals surface area contributed by atoms with Crippen molar-refractivity contribution in [3.63, 3.8) is 0 Å². The molecule has 0 aliphatic rings. The number of ether oxygens (including phenoxy) is 3. The van der Waals surface area contributed by atoms with Crippen molar-refractivity contribution in [2.24, 2.45) is 0 Å². The van der Waals surface area contributed by atoms with E-state index >= 15 is 0 Å². The minimum absolute atomic E-state index is 0.0221. The van der Waals surface area contributed by atoms with Gasteiger partial charge in [-0.25, -0.2) is 13.4 Å². The fourth-order valence-electron chi connectivity index (χ4n) is 2.69. The summed E-state index contributed by atoms with van der Waals surface area (Å²) in [5, 5.41) is 2.51. The van der Waals surface area contributed by atoms with E-state index in [-0.39, 0.29) is 11.5 Å². The number of carbonyl (C=O) groups is 1. The van der Waals surface area contributed by atoms with Crippen LogP contribution >= 0.6 is 11.3 Å². The van der Waals surface area contributed by atoms with Crippen LogP contribution in [0.5, 0.6) is 11.5 Å². The Labute approximate surface area is 184 Å². The van der Waals surface area contributed by atoms with Gasteiger partial charge in [0.25, 0.3) is 0 Å². The molecule has 0 unspecified atom stereocenters. The molecule has 0 aliphatic heterocycles. The van der Waals surface area contributed by atoms with Gasteiger partial charge in [-0.1, -0.05) is 12.1 Å². The number of aromatic nitrogens is 1. The molecule has 1 atom stereocenters. The standard InChI is InChI=1S/C21H22N2O6S2/c1-14(23-31(25,26)17-10-8-16(27-2)9-11-17)21(24)29-12-15-13-30-20(22-15)18-6-4-5-7-19(18)28-3/h4-11,13-14,23H,12H2,1-3H3/t14-/m0/s1. The third-order valence-corrected chi connectivity index (χ3v) is 6.79. The Bertz CT molecular complexity index is 1140. The summed E-state index contributed by atoms with van der Waals surface area (Å²) in [7, 11) is -0.812. The van der Waals surface area contributed by atoms with Crippen molar-refractivity contribution in [2.45, 2.75) is 24.5 Å². The molecule has 0 amide bonds. The Hall–Kier alpha value is -2.95. The van der Waals surface area contributed by atoms with Gasteiger partial charge in [0, 0.05) is 5.38 Å². The number of hydrogen-bond donors (Lipinski definition) is 1. The highest BCUT2D eigenvalue weighted by molar-refractivity contribution is 7.89. The quantitative estimate of drug-likeness (QED) is 0.487. The predicted octanol–water partition coefficient (Wildman–Crippen LogP) is 3.24. The predicted molar refractivity (Wildman–Crippen MR) is 117 cm³/mol. The monoisotopic (exact) mass is 462 g/mol. The van der Waals surface area contributed by atoms with E-state index in [4.69, 9.17) is 14.2 Å². The Morgan fingerprint density at radius 1 is 1.10 bits per heavy atom. The summed E-state index contributed by atoms with van der Waals surface area (Å²) in [6.07, 6.45) is 0. The maximum absolute atomic E-state index is 12.5. The van der Waals surface area contributed by atoms with Crippen LogP contribution in [0.4, 0.5) is 0 Å². The topological polar surface area (TPSA) is 104 Å². The van der Waals surface area contributed by atoms with Crippen LogP contribution in [0.2, 0.25) is 0 Å². The van der Waals surface area contributed by atoms with E-state index in [2.05, 4.69) is 9.71 Å². The molecule has 164 valence electrons. The average Bonchev–Trinajstić information content (AvgIpc) is 3.26. The van der Waals surface area contributed by atoms with Crippen molar-refractivity contribution in [1.82, 2.24) is 9.71 Å². The van der Waals surface area contributed by atoms with Gasteiger partial charge >= 0.3 is 5.97 Å². The molecule has 0 spiro atoms. The second kappa shape index (κ2) is 9.90. The van der Waals surface area contributed by atoms with Crippen molar-refractivity contribution in [1.29, 1.82) is 0 Å². The number of sulfonamides is 1. The first-order chi connectivity index (χ1) is 14.8. The maximum atomic E-state index is 12.5. The molecule has 1 N–H and O–H groups in total. The SMILES string of the molecule is COc1ccc(S(=O)(=O)N[C@@H](C)C(=O)OCc2csc(-c3ccccc3OC)n2)cc1. The zero-order chi connectivity index (χ0) is 22.4. The van der Waals surface area contributed by atoms with E-state index in [9.17, 15) is 13.2 Å². The fraction of sp³-hybridized carbons (Fsp3) is 0.238. The Kier molecular flexibility index (Phi) is 7.26. The lowest BCUT2D eigenvalue weighted by Gasteiger charge is -2.13. The molecule has 1 heterocycles. The number of benzene rings is 2. The molecule has 1 aromatic heterocycles. The molecule has 0 bridgehead atoms. The van der Waals surface area contributed by atoms with Crippen molar-refractivity contribution >= 4 is 27.3 Å². The Balaban J connectivity index is 1.60. The highest BCUT2D eigenvalue weighted by atomic mass is 32.2. The second-order valence-corrected chi connectivity index (χ2v) is 9.04. The molecule has 31 heavy (non-hydrogen) atoms. The summed E-state index contributed by atoms with van der Waals surface area (Å²) >= 11 is 1.40. The molecule has 8 nitrogen and oxygen atoms in total. The van der Waals surface area contributed by atoms with E-state index in [1.165, 1.54) is 49.6 Å². The van der Waals surface area contributed by atoms with Crippen LogP contribution in [0.25, 0.3) is 10.6 Å². The first-order valence-corrected chi connectivity index (χ1v) is 11.6. The van der Waals surface area contributed by atoms with Gasteiger partial charge in [-0.15, -0.1) is 11.3 Å². The van der Waals surface area contributed by atoms with Crippen LogP contribution in [0.1, 0.15) is 12.6 Å². The molecule has 0 aliphatic carbocycles. The van der Waals surface area contributed by atoms with Crippen LogP contribution in [-0.2, 0) is 26.2 Å². The molecule has 0 saturated heterocycles. The number of esters is 1. The highest BCUT2D eigenvalue weighted by Crippen LogP contribution is 2.32. The van der Waals surface area contributed by atoms with Gasteiger partial charge in [0.15, 0.2) is 0 Å². The van der Waals surface area contributed by atoms with E-state index in [0.29, 0.717) is 17.2 Å². The molecule has 0 radical (unpaired) electrons. The fourth-order valence-corrected chi connectivity index (χ4v) is 4.72. The molecule has 2 aromatic carbocycles. The average molecular weight is 463 g/mol. The van der Waals surface area contributed by atoms with Crippen molar-refractivity contribution in [3.8, 4) is 22.1 Å². The second-order valence-electron chi connectivity index (χ2n) is 6.47. The summed E-state index contributed by atoms with van der Waals surface area (Å²) in [4.78, 5) is 16.8. The van der Waals surface area contributed by atoms with Gasteiger partial charge in [-0.2, -0.15) is 4.72 Å². The van der Waals surface area contributed by atoms with Crippen LogP contribution in [0.15, 0.2) is 58.8 Å². The number of rotatable bonds is 9. The summed E-state index contributed by atoms with van der Waals surface area (Å²) in [6, 6.07) is 12.3. The number of carbonyl (C=O) groups excluding carboxylic acids is 1. The summed E-state index contributed by atoms with van der Waals surface area (Å²) in [5.74, 6) is 0.521. The van der Waals surface area contributed by atoms with Crippen molar-refractivity contribution in [2.75, 3.05) is 14.2 Å². The molecule has 3 rings (SSSR count). The molecule has 0 fully saturated rings. The molecular weight excluding hydrogens is 440 g/mol. The lowest BCUT2D eigenvalue weighted by Crippen LogP contribution is -2.39. The van der Waals surface area contributed by atoms with Gasteiger partial charge in [0.05, 0.1) is 30.4 Å². The zero-order valence-electron chi connectivity index (χ0n) is 17.2. The smallest absolute Gasteiger partial charge is 0.324 e. The van der Waals surface area contributed by atoms with Gasteiger partial charge in [0.1, 0.15) is 29.2 Å². The van der Waals surface area contributed by atoms with Gasteiger partial charge in [0.2, 0.25) is 10.0 Å². The number of para-hydroxylation sites is 1. The molecule has 3 aromatic rings. The zero-order valence-corrected chi connectivity index (χ0v) is 18.8. The molecule has 0 saturated carbocycles. The number of methoxy groups -OCH3 is 2. The summed E-state index contributed by atoms with van der Waals surface area (Å²) in [6.45, 7) is 1.35. The van der Waals surface area contributed by atoms with Crippen molar-refractivity contribution in [3.05, 3.63) is 59.6 Å². The first-order valence-electron chi connectivity index (χ1n) is 9.25. The summed E-state index contributed by atoms with van der Waals surface area (Å²) in [5.41, 5.74) is 1.40. The molecular formula is C21H22N2O6S2.